The van der Waals surface area contributed by atoms with Crippen LogP contribution >= 0.6 is 0 Å². The molecule has 184 valence electrons. The summed E-state index contributed by atoms with van der Waals surface area (Å²) in [6.45, 7) is 0.360. The third-order valence-electron chi connectivity index (χ3n) is 7.60. The fraction of sp³-hybridized carbons (Fsp3) is 0.269. The highest BCUT2D eigenvalue weighted by molar-refractivity contribution is 6.24. The molecular formula is C26H24N4O6. The minimum atomic E-state index is -2.53. The summed E-state index contributed by atoms with van der Waals surface area (Å²) in [6, 6.07) is 10.5. The van der Waals surface area contributed by atoms with Crippen LogP contribution in [0, 0.1) is 10.8 Å². The second kappa shape index (κ2) is 8.02. The molecule has 0 saturated heterocycles. The Morgan fingerprint density at radius 2 is 1.83 bits per heavy atom. The Hall–Kier alpha value is -3.99. The van der Waals surface area contributed by atoms with E-state index in [1.54, 1.807) is 6.07 Å². The van der Waals surface area contributed by atoms with Gasteiger partial charge in [0, 0.05) is 12.5 Å². The maximum Gasteiger partial charge on any atom is 0.252 e. The summed E-state index contributed by atoms with van der Waals surface area (Å²) >= 11 is 0. The second-order valence-electron chi connectivity index (χ2n) is 9.58. The van der Waals surface area contributed by atoms with E-state index in [-0.39, 0.29) is 36.1 Å². The Morgan fingerprint density at radius 3 is 2.44 bits per heavy atom. The number of carbonyl (C=O) groups excluding carboxylic acids is 3. The van der Waals surface area contributed by atoms with Crippen molar-refractivity contribution in [2.45, 2.75) is 36.9 Å². The zero-order valence-corrected chi connectivity index (χ0v) is 19.2. The number of hydrogen-bond acceptors (Lipinski definition) is 9. The fourth-order valence-corrected chi connectivity index (χ4v) is 5.80. The average molecular weight is 489 g/mol. The van der Waals surface area contributed by atoms with E-state index in [1.807, 2.05) is 24.3 Å². The molecule has 0 heterocycles. The SMILES string of the molecule is NCc1ccc(-c2ccc(N=O)c3c2C[C@@]2(N)C[C@H]4CC=C(C(N)=O)C(=O)[C@@]4(O)C(O)=C2C3=O)cc1. The van der Waals surface area contributed by atoms with Gasteiger partial charge in [-0.15, -0.1) is 4.91 Å². The molecule has 0 saturated carbocycles. The quantitative estimate of drug-likeness (QED) is 0.315. The van der Waals surface area contributed by atoms with Crippen molar-refractivity contribution in [3.8, 4) is 11.1 Å². The molecule has 0 aliphatic heterocycles. The maximum absolute atomic E-state index is 13.8. The van der Waals surface area contributed by atoms with Crippen LogP contribution in [0.4, 0.5) is 5.69 Å². The molecule has 3 atom stereocenters. The van der Waals surface area contributed by atoms with Gasteiger partial charge in [0.2, 0.25) is 5.78 Å². The number of primary amides is 1. The van der Waals surface area contributed by atoms with E-state index in [0.29, 0.717) is 17.7 Å². The number of hydrogen-bond donors (Lipinski definition) is 5. The van der Waals surface area contributed by atoms with Crippen molar-refractivity contribution in [3.63, 3.8) is 0 Å². The first-order chi connectivity index (χ1) is 17.1. The average Bonchev–Trinajstić information content (AvgIpc) is 2.85. The van der Waals surface area contributed by atoms with Crippen LogP contribution in [-0.2, 0) is 22.6 Å². The first kappa shape index (κ1) is 23.7. The summed E-state index contributed by atoms with van der Waals surface area (Å²) in [6.07, 6.45) is 1.37. The zero-order chi connectivity index (χ0) is 26.0. The fourth-order valence-electron chi connectivity index (χ4n) is 5.80. The number of nitrogens with zero attached hydrogens (tertiary/aromatic N) is 1. The van der Waals surface area contributed by atoms with Gasteiger partial charge < -0.3 is 27.4 Å². The maximum atomic E-state index is 13.8. The van der Waals surface area contributed by atoms with Crippen LogP contribution in [0.25, 0.3) is 11.1 Å². The lowest BCUT2D eigenvalue weighted by atomic mass is 9.57. The van der Waals surface area contributed by atoms with E-state index in [4.69, 9.17) is 17.2 Å². The summed E-state index contributed by atoms with van der Waals surface area (Å²) in [7, 11) is 0. The molecule has 2 aromatic carbocycles. The third-order valence-corrected chi connectivity index (χ3v) is 7.60. The number of carbonyl (C=O) groups is 3. The number of nitrogens with two attached hydrogens (primary N) is 3. The largest absolute Gasteiger partial charge is 0.508 e. The van der Waals surface area contributed by atoms with Crippen LogP contribution in [0.3, 0.4) is 0 Å². The van der Waals surface area contributed by atoms with Crippen molar-refractivity contribution in [1.29, 1.82) is 0 Å². The van der Waals surface area contributed by atoms with Gasteiger partial charge in [-0.2, -0.15) is 0 Å². The Bertz CT molecular complexity index is 1430. The van der Waals surface area contributed by atoms with Crippen LogP contribution in [0.1, 0.15) is 34.3 Å². The number of benzene rings is 2. The summed E-state index contributed by atoms with van der Waals surface area (Å²) in [5.74, 6) is -4.74. The van der Waals surface area contributed by atoms with Gasteiger partial charge >= 0.3 is 0 Å². The summed E-state index contributed by atoms with van der Waals surface area (Å²) in [5, 5.41) is 25.6. The predicted octanol–water partition coefficient (Wildman–Crippen LogP) is 1.59. The molecule has 36 heavy (non-hydrogen) atoms. The molecule has 0 bridgehead atoms. The smallest absolute Gasteiger partial charge is 0.252 e. The van der Waals surface area contributed by atoms with Gasteiger partial charge in [0.1, 0.15) is 11.4 Å². The number of rotatable bonds is 4. The molecule has 10 nitrogen and oxygen atoms in total. The molecule has 0 fully saturated rings. The third kappa shape index (κ3) is 3.12. The van der Waals surface area contributed by atoms with Crippen LogP contribution in [0.5, 0.6) is 0 Å². The van der Waals surface area contributed by atoms with Gasteiger partial charge in [0.05, 0.1) is 22.2 Å². The van der Waals surface area contributed by atoms with E-state index in [9.17, 15) is 29.5 Å². The number of amides is 1. The molecule has 0 unspecified atom stereocenters. The highest BCUT2D eigenvalue weighted by Gasteiger charge is 2.61. The number of Topliss-reactive ketones (excluding diaryl/α,β-unsaturated/α-hetero) is 2. The molecule has 0 spiro atoms. The van der Waals surface area contributed by atoms with Gasteiger partial charge in [0.15, 0.2) is 11.4 Å². The number of aliphatic hydroxyl groups is 2. The second-order valence-corrected chi connectivity index (χ2v) is 9.58. The van der Waals surface area contributed by atoms with Crippen molar-refractivity contribution < 1.29 is 24.6 Å². The molecular weight excluding hydrogens is 464 g/mol. The first-order valence-corrected chi connectivity index (χ1v) is 11.4. The van der Waals surface area contributed by atoms with Crippen molar-refractivity contribution in [2.24, 2.45) is 28.3 Å². The van der Waals surface area contributed by atoms with E-state index < -0.39 is 45.9 Å². The van der Waals surface area contributed by atoms with Gasteiger partial charge in [-0.25, -0.2) is 0 Å². The molecule has 3 aliphatic carbocycles. The van der Waals surface area contributed by atoms with Crippen molar-refractivity contribution in [2.75, 3.05) is 0 Å². The van der Waals surface area contributed by atoms with Crippen LogP contribution < -0.4 is 17.2 Å². The predicted molar refractivity (Wildman–Crippen MR) is 130 cm³/mol. The molecule has 2 aromatic rings. The molecule has 10 heteroatoms. The molecule has 5 rings (SSSR count). The standard InChI is InChI=1S/C26H24N4O6/c27-11-12-1-3-13(4-2-12)15-7-8-18(30-36)19-17(15)10-25(29)9-14-5-6-16(24(28)34)22(32)26(14,35)23(33)20(25)21(19)31/h1-4,6-8,14,33,35H,5,9-11,27,29H2,(H2,28,34)/t14-,25+,26-/m1/s1. The van der Waals surface area contributed by atoms with Crippen molar-refractivity contribution in [3.05, 3.63) is 81.0 Å². The van der Waals surface area contributed by atoms with E-state index in [1.165, 1.54) is 12.1 Å². The Labute approximate surface area is 205 Å². The Morgan fingerprint density at radius 1 is 1.14 bits per heavy atom. The highest BCUT2D eigenvalue weighted by atomic mass is 16.3. The monoisotopic (exact) mass is 488 g/mol. The topological polar surface area (TPSA) is 199 Å². The highest BCUT2D eigenvalue weighted by Crippen LogP contribution is 2.52. The van der Waals surface area contributed by atoms with E-state index >= 15 is 0 Å². The number of ketones is 2. The van der Waals surface area contributed by atoms with Gasteiger partial charge in [-0.05, 0) is 52.8 Å². The van der Waals surface area contributed by atoms with Crippen LogP contribution in [0.2, 0.25) is 0 Å². The Kier molecular flexibility index (Phi) is 5.29. The van der Waals surface area contributed by atoms with E-state index in [0.717, 1.165) is 11.1 Å². The lowest BCUT2D eigenvalue weighted by molar-refractivity contribution is -0.143. The lowest BCUT2D eigenvalue weighted by Gasteiger charge is -2.49. The van der Waals surface area contributed by atoms with E-state index in [2.05, 4.69) is 5.18 Å². The van der Waals surface area contributed by atoms with Gasteiger partial charge in [0.25, 0.3) is 5.91 Å². The normalized spacial score (nSPS) is 27.1. The van der Waals surface area contributed by atoms with Crippen molar-refractivity contribution in [1.82, 2.24) is 0 Å². The molecule has 0 radical (unpaired) electrons. The summed E-state index contributed by atoms with van der Waals surface area (Å²) < 4.78 is 0. The van der Waals surface area contributed by atoms with Gasteiger partial charge in [-0.1, -0.05) is 36.4 Å². The minimum absolute atomic E-state index is 0.0351. The minimum Gasteiger partial charge on any atom is -0.508 e. The summed E-state index contributed by atoms with van der Waals surface area (Å²) in [5.41, 5.74) is 15.5. The first-order valence-electron chi connectivity index (χ1n) is 11.4. The molecule has 3 aliphatic rings. The number of aliphatic hydroxyl groups excluding tert-OH is 1. The number of fused-ring (bicyclic) bond motifs is 3. The van der Waals surface area contributed by atoms with Crippen LogP contribution in [-0.4, -0.2) is 38.8 Å². The van der Waals surface area contributed by atoms with Gasteiger partial charge in [-0.3, -0.25) is 14.4 Å². The molecule has 1 amide bonds. The Balaban J connectivity index is 1.72. The molecule has 0 aromatic heterocycles. The van der Waals surface area contributed by atoms with Crippen molar-refractivity contribution >= 4 is 23.2 Å². The number of allylic oxidation sites excluding steroid dienone is 1. The lowest BCUT2D eigenvalue weighted by Crippen LogP contribution is -2.63. The summed E-state index contributed by atoms with van der Waals surface area (Å²) in [4.78, 5) is 50.2. The molecule has 8 N–H and O–H groups in total. The number of nitroso groups, excluding NO2 is 1. The zero-order valence-electron chi connectivity index (χ0n) is 19.2. The van der Waals surface area contributed by atoms with Crippen LogP contribution in [0.15, 0.2) is 64.6 Å².